The topological polar surface area (TPSA) is 45.7 Å². The smallest absolute Gasteiger partial charge is 0.275 e. The molecule has 0 aliphatic carbocycles. The largest absolute Gasteiger partial charge is 0.351 e. The molecule has 0 saturated heterocycles. The fourth-order valence-electron chi connectivity index (χ4n) is 3.36. The number of aryl methyl sites for hydroxylation is 2. The Labute approximate surface area is 167 Å². The molecule has 3 aromatic rings. The first-order chi connectivity index (χ1) is 13.7. The molecule has 0 aromatic heterocycles. The zero-order valence-electron chi connectivity index (χ0n) is 16.5. The Morgan fingerprint density at radius 2 is 1.46 bits per heavy atom. The third-order valence-electron chi connectivity index (χ3n) is 4.94. The maximum atomic E-state index is 12.3. The molecule has 0 saturated carbocycles. The molecule has 3 heteroatoms. The van der Waals surface area contributed by atoms with E-state index in [1.165, 1.54) is 22.3 Å². The van der Waals surface area contributed by atoms with Crippen LogP contribution in [0.1, 0.15) is 34.7 Å². The fourth-order valence-corrected chi connectivity index (χ4v) is 3.36. The lowest BCUT2D eigenvalue weighted by molar-refractivity contribution is -0.676. The molecular weight excluding hydrogens is 344 g/mol. The maximum Gasteiger partial charge on any atom is 0.275 e. The lowest BCUT2D eigenvalue weighted by Crippen LogP contribution is -2.87. The highest BCUT2D eigenvalue weighted by atomic mass is 16.1. The summed E-state index contributed by atoms with van der Waals surface area (Å²) < 4.78 is 0. The van der Waals surface area contributed by atoms with E-state index in [1.54, 1.807) is 0 Å². The third kappa shape index (κ3) is 6.07. The number of benzene rings is 3. The molecule has 3 N–H and O–H groups in total. The number of hydrogen-bond donors (Lipinski definition) is 2. The van der Waals surface area contributed by atoms with Crippen LogP contribution in [-0.4, -0.2) is 19.0 Å². The normalized spacial score (nSPS) is 11.8. The van der Waals surface area contributed by atoms with Gasteiger partial charge >= 0.3 is 0 Å². The van der Waals surface area contributed by atoms with Gasteiger partial charge in [-0.1, -0.05) is 90.5 Å². The molecular formula is C25H29N2O+. The standard InChI is InChI=1S/C25H28N2O/c1-20-14-16-23(17-15-20)25(22-12-6-3-7-13-22)27-19-24(28)26-18-8-11-21-9-4-2-5-10-21/h2-7,9-10,12-17,25,27H,8,11,18-19H2,1H3,(H,26,28)/p+1/t25-/m1/s1. The molecule has 0 radical (unpaired) electrons. The monoisotopic (exact) mass is 373 g/mol. The van der Waals surface area contributed by atoms with Crippen molar-refractivity contribution in [2.24, 2.45) is 0 Å². The molecule has 0 aliphatic heterocycles. The van der Waals surface area contributed by atoms with Crippen LogP contribution in [0, 0.1) is 6.92 Å². The van der Waals surface area contributed by atoms with Crippen LogP contribution in [0.4, 0.5) is 0 Å². The van der Waals surface area contributed by atoms with Crippen LogP contribution in [0.2, 0.25) is 0 Å². The fraction of sp³-hybridized carbons (Fsp3) is 0.240. The number of nitrogens with one attached hydrogen (secondary N) is 1. The predicted octanol–water partition coefficient (Wildman–Crippen LogP) is 3.40. The van der Waals surface area contributed by atoms with Gasteiger partial charge in [0.15, 0.2) is 6.54 Å². The van der Waals surface area contributed by atoms with Crippen molar-refractivity contribution >= 4 is 5.91 Å². The SMILES string of the molecule is Cc1ccc([C@H]([NH2+]CC(=O)NCCCc2ccccc2)c2ccccc2)cc1. The Kier molecular flexibility index (Phi) is 7.39. The van der Waals surface area contributed by atoms with E-state index < -0.39 is 0 Å². The van der Waals surface area contributed by atoms with Crippen molar-refractivity contribution in [3.8, 4) is 0 Å². The van der Waals surface area contributed by atoms with E-state index in [2.05, 4.69) is 78.2 Å². The van der Waals surface area contributed by atoms with Crippen molar-refractivity contribution in [2.45, 2.75) is 25.8 Å². The van der Waals surface area contributed by atoms with E-state index in [0.29, 0.717) is 13.1 Å². The molecule has 0 spiro atoms. The summed E-state index contributed by atoms with van der Waals surface area (Å²) >= 11 is 0. The lowest BCUT2D eigenvalue weighted by atomic mass is 9.98. The van der Waals surface area contributed by atoms with Crippen molar-refractivity contribution in [2.75, 3.05) is 13.1 Å². The van der Waals surface area contributed by atoms with Crippen molar-refractivity contribution < 1.29 is 10.1 Å². The molecule has 1 amide bonds. The van der Waals surface area contributed by atoms with Gasteiger partial charge in [0.1, 0.15) is 6.04 Å². The van der Waals surface area contributed by atoms with E-state index in [9.17, 15) is 4.79 Å². The molecule has 3 aromatic carbocycles. The number of nitrogens with two attached hydrogens (primary N) is 1. The zero-order valence-corrected chi connectivity index (χ0v) is 16.5. The third-order valence-corrected chi connectivity index (χ3v) is 4.94. The van der Waals surface area contributed by atoms with Crippen LogP contribution in [0.5, 0.6) is 0 Å². The van der Waals surface area contributed by atoms with E-state index in [4.69, 9.17) is 0 Å². The van der Waals surface area contributed by atoms with Crippen LogP contribution in [-0.2, 0) is 11.2 Å². The summed E-state index contributed by atoms with van der Waals surface area (Å²) in [4.78, 5) is 12.3. The Morgan fingerprint density at radius 3 is 2.14 bits per heavy atom. The van der Waals surface area contributed by atoms with Crippen molar-refractivity contribution in [3.63, 3.8) is 0 Å². The van der Waals surface area contributed by atoms with Gasteiger partial charge in [-0.15, -0.1) is 0 Å². The van der Waals surface area contributed by atoms with Gasteiger partial charge in [-0.05, 0) is 25.3 Å². The van der Waals surface area contributed by atoms with Gasteiger partial charge in [-0.2, -0.15) is 0 Å². The van der Waals surface area contributed by atoms with Gasteiger partial charge in [0.25, 0.3) is 5.91 Å². The minimum absolute atomic E-state index is 0.0844. The number of carbonyl (C=O) groups excluding carboxylic acids is 1. The van der Waals surface area contributed by atoms with Gasteiger partial charge in [0, 0.05) is 17.7 Å². The van der Waals surface area contributed by atoms with Crippen LogP contribution in [0.25, 0.3) is 0 Å². The molecule has 144 valence electrons. The molecule has 1 atom stereocenters. The lowest BCUT2D eigenvalue weighted by Gasteiger charge is -2.17. The zero-order chi connectivity index (χ0) is 19.6. The summed E-state index contributed by atoms with van der Waals surface area (Å²) in [6.07, 6.45) is 1.94. The van der Waals surface area contributed by atoms with E-state index in [1.807, 2.05) is 24.3 Å². The average Bonchev–Trinajstić information content (AvgIpc) is 2.74. The van der Waals surface area contributed by atoms with Crippen LogP contribution in [0.15, 0.2) is 84.9 Å². The summed E-state index contributed by atoms with van der Waals surface area (Å²) in [5.41, 5.74) is 4.98. The second kappa shape index (κ2) is 10.4. The highest BCUT2D eigenvalue weighted by Crippen LogP contribution is 2.18. The van der Waals surface area contributed by atoms with Crippen LogP contribution >= 0.6 is 0 Å². The minimum Gasteiger partial charge on any atom is -0.351 e. The van der Waals surface area contributed by atoms with Crippen LogP contribution < -0.4 is 10.6 Å². The molecule has 0 fully saturated rings. The van der Waals surface area contributed by atoms with Crippen molar-refractivity contribution in [3.05, 3.63) is 107 Å². The highest BCUT2D eigenvalue weighted by Gasteiger charge is 2.18. The highest BCUT2D eigenvalue weighted by molar-refractivity contribution is 5.76. The Bertz CT molecular complexity index is 845. The molecule has 0 unspecified atom stereocenters. The van der Waals surface area contributed by atoms with Gasteiger partial charge in [0.05, 0.1) is 0 Å². The number of amides is 1. The van der Waals surface area contributed by atoms with Gasteiger partial charge < -0.3 is 10.6 Å². The number of hydrogen-bond acceptors (Lipinski definition) is 1. The summed E-state index contributed by atoms with van der Waals surface area (Å²) in [7, 11) is 0. The number of quaternary nitrogens is 1. The molecule has 28 heavy (non-hydrogen) atoms. The molecule has 3 nitrogen and oxygen atoms in total. The quantitative estimate of drug-likeness (QED) is 0.555. The predicted molar refractivity (Wildman–Crippen MR) is 114 cm³/mol. The first-order valence-electron chi connectivity index (χ1n) is 9.98. The van der Waals surface area contributed by atoms with Gasteiger partial charge in [-0.25, -0.2) is 0 Å². The summed E-state index contributed by atoms with van der Waals surface area (Å²) in [6.45, 7) is 3.22. The van der Waals surface area contributed by atoms with Crippen molar-refractivity contribution in [1.29, 1.82) is 0 Å². The van der Waals surface area contributed by atoms with Crippen molar-refractivity contribution in [1.82, 2.24) is 5.32 Å². The number of rotatable bonds is 9. The second-order valence-corrected chi connectivity index (χ2v) is 7.18. The second-order valence-electron chi connectivity index (χ2n) is 7.18. The average molecular weight is 374 g/mol. The van der Waals surface area contributed by atoms with Gasteiger partial charge in [-0.3, -0.25) is 4.79 Å². The van der Waals surface area contributed by atoms with E-state index >= 15 is 0 Å². The Hall–Kier alpha value is -2.91. The minimum atomic E-state index is 0.0844. The Balaban J connectivity index is 1.51. The summed E-state index contributed by atoms with van der Waals surface area (Å²) in [5.74, 6) is 0.0844. The molecule has 0 aliphatic rings. The molecule has 0 heterocycles. The molecule has 3 rings (SSSR count). The number of carbonyl (C=O) groups is 1. The first kappa shape index (κ1) is 19.8. The van der Waals surface area contributed by atoms with Crippen LogP contribution in [0.3, 0.4) is 0 Å². The summed E-state index contributed by atoms with van der Waals surface area (Å²) in [5, 5.41) is 5.17. The maximum absolute atomic E-state index is 12.3. The van der Waals surface area contributed by atoms with Gasteiger partial charge in [0.2, 0.25) is 0 Å². The first-order valence-corrected chi connectivity index (χ1v) is 9.98. The molecule has 0 bridgehead atoms. The van der Waals surface area contributed by atoms with E-state index in [0.717, 1.165) is 12.8 Å². The summed E-state index contributed by atoms with van der Waals surface area (Å²) in [6, 6.07) is 29.4. The van der Waals surface area contributed by atoms with E-state index in [-0.39, 0.29) is 11.9 Å². The Morgan fingerprint density at radius 1 is 0.857 bits per heavy atom.